The number of ether oxygens (including phenoxy) is 3. The Hall–Kier alpha value is -3.04. The topological polar surface area (TPSA) is 110 Å². The van der Waals surface area contributed by atoms with Gasteiger partial charge in [-0.25, -0.2) is 19.4 Å². The van der Waals surface area contributed by atoms with Crippen LogP contribution in [0, 0.1) is 0 Å². The summed E-state index contributed by atoms with van der Waals surface area (Å²) in [6, 6.07) is 2.82. The summed E-state index contributed by atoms with van der Waals surface area (Å²) in [5, 5.41) is 2.56. The van der Waals surface area contributed by atoms with Gasteiger partial charge < -0.3 is 29.3 Å². The van der Waals surface area contributed by atoms with Gasteiger partial charge in [-0.05, 0) is 53.2 Å². The highest BCUT2D eigenvalue weighted by Crippen LogP contribution is 2.17. The molecule has 1 saturated heterocycles. The van der Waals surface area contributed by atoms with Crippen molar-refractivity contribution in [3.8, 4) is 0 Å². The fourth-order valence-electron chi connectivity index (χ4n) is 3.19. The van der Waals surface area contributed by atoms with Crippen LogP contribution in [0.25, 0.3) is 0 Å². The van der Waals surface area contributed by atoms with Crippen LogP contribution in [0.5, 0.6) is 0 Å². The molecule has 0 saturated carbocycles. The number of hydrogen-bond donors (Lipinski definition) is 1. The SMILES string of the molecule is COC(=O)[C@H](Cc1ccc(N2CCN(C(=O)OC(C)(C)C)CC2)nc1)NC(=O)OC(C)(C)C. The Balaban J connectivity index is 1.95. The summed E-state index contributed by atoms with van der Waals surface area (Å²) in [4.78, 5) is 44.7. The first-order valence-electron chi connectivity index (χ1n) is 11.0. The molecule has 2 rings (SSSR count). The summed E-state index contributed by atoms with van der Waals surface area (Å²) < 4.78 is 15.5. The number of hydrogen-bond acceptors (Lipinski definition) is 8. The highest BCUT2D eigenvalue weighted by Gasteiger charge is 2.27. The molecule has 1 atom stereocenters. The summed E-state index contributed by atoms with van der Waals surface area (Å²) in [6.07, 6.45) is 0.885. The van der Waals surface area contributed by atoms with E-state index in [0.29, 0.717) is 26.2 Å². The van der Waals surface area contributed by atoms with Crippen LogP contribution in [-0.4, -0.2) is 78.6 Å². The predicted octanol–water partition coefficient (Wildman–Crippen LogP) is 2.75. The van der Waals surface area contributed by atoms with Crippen molar-refractivity contribution in [3.63, 3.8) is 0 Å². The second kappa shape index (κ2) is 10.7. The monoisotopic (exact) mass is 464 g/mol. The Kier molecular flexibility index (Phi) is 8.51. The maximum atomic E-state index is 12.2. The van der Waals surface area contributed by atoms with E-state index in [9.17, 15) is 14.4 Å². The molecule has 1 N–H and O–H groups in total. The van der Waals surface area contributed by atoms with Crippen LogP contribution >= 0.6 is 0 Å². The molecule has 2 heterocycles. The lowest BCUT2D eigenvalue weighted by Crippen LogP contribution is -2.50. The van der Waals surface area contributed by atoms with E-state index in [2.05, 4.69) is 15.2 Å². The molecule has 1 aliphatic rings. The van der Waals surface area contributed by atoms with Crippen molar-refractivity contribution >= 4 is 24.0 Å². The van der Waals surface area contributed by atoms with Crippen LogP contribution in [0.15, 0.2) is 18.3 Å². The molecule has 1 fully saturated rings. The first-order valence-corrected chi connectivity index (χ1v) is 11.0. The molecule has 10 nitrogen and oxygen atoms in total. The summed E-state index contributed by atoms with van der Waals surface area (Å²) in [6.45, 7) is 13.1. The Morgan fingerprint density at radius 3 is 2.09 bits per heavy atom. The molecule has 0 spiro atoms. The van der Waals surface area contributed by atoms with E-state index >= 15 is 0 Å². The van der Waals surface area contributed by atoms with Gasteiger partial charge in [0, 0.05) is 38.8 Å². The Labute approximate surface area is 195 Å². The minimum absolute atomic E-state index is 0.214. The number of anilines is 1. The maximum absolute atomic E-state index is 12.2. The minimum atomic E-state index is -0.894. The van der Waals surface area contributed by atoms with Gasteiger partial charge in [0.25, 0.3) is 0 Å². The third kappa shape index (κ3) is 8.78. The summed E-state index contributed by atoms with van der Waals surface area (Å²) in [7, 11) is 1.27. The molecule has 184 valence electrons. The number of alkyl carbamates (subject to hydrolysis) is 1. The Morgan fingerprint density at radius 2 is 1.61 bits per heavy atom. The lowest BCUT2D eigenvalue weighted by atomic mass is 10.1. The van der Waals surface area contributed by atoms with Gasteiger partial charge >= 0.3 is 18.2 Å². The standard InChI is InChI=1S/C23H36N4O6/c1-22(2,3)32-20(29)25-17(19(28)31-7)14-16-8-9-18(24-15-16)26-10-12-27(13-11-26)21(30)33-23(4,5)6/h8-9,15,17H,10-14H2,1-7H3,(H,25,29)/t17-/m0/s1. The zero-order valence-electron chi connectivity index (χ0n) is 20.6. The molecular formula is C23H36N4O6. The molecule has 0 radical (unpaired) electrons. The molecule has 0 aromatic carbocycles. The van der Waals surface area contributed by atoms with Crippen molar-refractivity contribution in [2.75, 3.05) is 38.2 Å². The third-order valence-corrected chi connectivity index (χ3v) is 4.68. The van der Waals surface area contributed by atoms with Crippen LogP contribution in [0.2, 0.25) is 0 Å². The number of carbonyl (C=O) groups is 3. The number of aromatic nitrogens is 1. The van der Waals surface area contributed by atoms with E-state index in [1.54, 1.807) is 31.9 Å². The van der Waals surface area contributed by atoms with Crippen LogP contribution in [-0.2, 0) is 25.4 Å². The largest absolute Gasteiger partial charge is 0.467 e. The molecule has 0 bridgehead atoms. The van der Waals surface area contributed by atoms with E-state index in [1.807, 2.05) is 32.9 Å². The van der Waals surface area contributed by atoms with Gasteiger partial charge in [0.15, 0.2) is 0 Å². The van der Waals surface area contributed by atoms with Gasteiger partial charge in [-0.1, -0.05) is 6.07 Å². The Morgan fingerprint density at radius 1 is 1.00 bits per heavy atom. The molecule has 33 heavy (non-hydrogen) atoms. The van der Waals surface area contributed by atoms with Gasteiger partial charge in [-0.2, -0.15) is 0 Å². The second-order valence-electron chi connectivity index (χ2n) is 9.91. The zero-order valence-corrected chi connectivity index (χ0v) is 20.6. The molecule has 0 unspecified atom stereocenters. The van der Waals surface area contributed by atoms with Crippen molar-refractivity contribution in [2.24, 2.45) is 0 Å². The average Bonchev–Trinajstić information content (AvgIpc) is 2.70. The molecule has 10 heteroatoms. The van der Waals surface area contributed by atoms with Crippen LogP contribution < -0.4 is 10.2 Å². The van der Waals surface area contributed by atoms with E-state index in [4.69, 9.17) is 14.2 Å². The highest BCUT2D eigenvalue weighted by molar-refractivity contribution is 5.81. The lowest BCUT2D eigenvalue weighted by Gasteiger charge is -2.36. The lowest BCUT2D eigenvalue weighted by molar-refractivity contribution is -0.143. The van der Waals surface area contributed by atoms with Crippen molar-refractivity contribution < 1.29 is 28.6 Å². The van der Waals surface area contributed by atoms with Crippen molar-refractivity contribution in [1.29, 1.82) is 0 Å². The number of methoxy groups -OCH3 is 1. The molecule has 1 aromatic rings. The minimum Gasteiger partial charge on any atom is -0.467 e. The molecule has 2 amide bonds. The van der Waals surface area contributed by atoms with E-state index in [-0.39, 0.29) is 12.5 Å². The number of pyridine rings is 1. The van der Waals surface area contributed by atoms with Crippen LogP contribution in [0.1, 0.15) is 47.1 Å². The van der Waals surface area contributed by atoms with E-state index in [1.165, 1.54) is 7.11 Å². The highest BCUT2D eigenvalue weighted by atomic mass is 16.6. The number of nitrogens with one attached hydrogen (secondary N) is 1. The molecule has 1 aromatic heterocycles. The number of carbonyl (C=O) groups excluding carboxylic acids is 3. The molecule has 1 aliphatic heterocycles. The number of piperazine rings is 1. The average molecular weight is 465 g/mol. The van der Waals surface area contributed by atoms with Crippen molar-refractivity contribution in [1.82, 2.24) is 15.2 Å². The summed E-state index contributed by atoms with van der Waals surface area (Å²) in [5.74, 6) is 0.209. The number of amides is 2. The normalized spacial score (nSPS) is 15.5. The fourth-order valence-corrected chi connectivity index (χ4v) is 3.19. The molecular weight excluding hydrogens is 428 g/mol. The quantitative estimate of drug-likeness (QED) is 0.523. The van der Waals surface area contributed by atoms with Gasteiger partial charge in [-0.3, -0.25) is 0 Å². The fraction of sp³-hybridized carbons (Fsp3) is 0.652. The summed E-state index contributed by atoms with van der Waals surface area (Å²) in [5.41, 5.74) is -0.439. The van der Waals surface area contributed by atoms with Gasteiger partial charge in [0.2, 0.25) is 0 Å². The third-order valence-electron chi connectivity index (χ3n) is 4.68. The smallest absolute Gasteiger partial charge is 0.410 e. The second-order valence-corrected chi connectivity index (χ2v) is 9.91. The number of esters is 1. The first-order chi connectivity index (χ1) is 15.3. The summed E-state index contributed by atoms with van der Waals surface area (Å²) >= 11 is 0. The van der Waals surface area contributed by atoms with Gasteiger partial charge in [0.1, 0.15) is 23.1 Å². The Bertz CT molecular complexity index is 821. The van der Waals surface area contributed by atoms with E-state index < -0.39 is 29.3 Å². The number of rotatable bonds is 5. The van der Waals surface area contributed by atoms with Gasteiger partial charge in [-0.15, -0.1) is 0 Å². The zero-order chi connectivity index (χ0) is 24.8. The van der Waals surface area contributed by atoms with Crippen molar-refractivity contribution in [3.05, 3.63) is 23.9 Å². The maximum Gasteiger partial charge on any atom is 0.410 e. The van der Waals surface area contributed by atoms with Crippen LogP contribution in [0.4, 0.5) is 15.4 Å². The molecule has 0 aliphatic carbocycles. The number of nitrogens with zero attached hydrogens (tertiary/aromatic N) is 3. The predicted molar refractivity (Wildman–Crippen MR) is 123 cm³/mol. The van der Waals surface area contributed by atoms with E-state index in [0.717, 1.165) is 11.4 Å². The van der Waals surface area contributed by atoms with Crippen molar-refractivity contribution in [2.45, 2.75) is 65.2 Å². The van der Waals surface area contributed by atoms with Gasteiger partial charge in [0.05, 0.1) is 7.11 Å². The van der Waals surface area contributed by atoms with Crippen LogP contribution in [0.3, 0.4) is 0 Å². The first kappa shape index (κ1) is 26.2.